The van der Waals surface area contributed by atoms with Crippen LogP contribution in [-0.4, -0.2) is 54.3 Å². The summed E-state index contributed by atoms with van der Waals surface area (Å²) in [6, 6.07) is 16.3. The third-order valence-electron chi connectivity index (χ3n) is 5.43. The first-order chi connectivity index (χ1) is 14.6. The summed E-state index contributed by atoms with van der Waals surface area (Å²) in [4.78, 5) is 20.6. The molecule has 0 bridgehead atoms. The summed E-state index contributed by atoms with van der Waals surface area (Å²) in [6.07, 6.45) is 1.96. The van der Waals surface area contributed by atoms with E-state index in [0.29, 0.717) is 5.75 Å². The molecule has 1 aliphatic rings. The maximum atomic E-state index is 12.4. The van der Waals surface area contributed by atoms with Crippen LogP contribution in [0.1, 0.15) is 0 Å². The number of benzene rings is 2. The molecule has 0 spiro atoms. The number of aromatic amines is 1. The lowest BCUT2D eigenvalue weighted by molar-refractivity contribution is -0.683. The minimum Gasteiger partial charge on any atom is -0.369 e. The van der Waals surface area contributed by atoms with Gasteiger partial charge in [-0.2, -0.15) is 0 Å². The molecular weight excluding hydrogens is 394 g/mol. The number of hydrogen-bond acceptors (Lipinski definition) is 4. The lowest BCUT2D eigenvalue weighted by atomic mass is 10.2. The number of imidazole rings is 1. The van der Waals surface area contributed by atoms with Gasteiger partial charge in [0.25, 0.3) is 0 Å². The van der Waals surface area contributed by atoms with E-state index >= 15 is 0 Å². The molecule has 1 aromatic heterocycles. The van der Waals surface area contributed by atoms with Gasteiger partial charge in [0, 0.05) is 44.1 Å². The zero-order valence-corrected chi connectivity index (χ0v) is 18.1. The molecule has 2 aromatic carbocycles. The number of aromatic nitrogens is 2. The first-order valence-corrected chi connectivity index (χ1v) is 11.2. The minimum atomic E-state index is -0.00977. The normalized spacial score (nSPS) is 14.8. The SMILES string of the molecule is C=CCN1CCN(c2ccc(NC(=O)CSc3[nH]c4ccccc4[n+]3C)cc2)CC1. The molecule has 2 heterocycles. The number of rotatable bonds is 7. The molecule has 0 saturated carbocycles. The number of fused-ring (bicyclic) bond motifs is 1. The van der Waals surface area contributed by atoms with Crippen LogP contribution in [0.5, 0.6) is 0 Å². The van der Waals surface area contributed by atoms with Crippen molar-refractivity contribution in [3.05, 3.63) is 61.2 Å². The zero-order chi connectivity index (χ0) is 20.9. The number of para-hydroxylation sites is 2. The van der Waals surface area contributed by atoms with E-state index in [1.54, 1.807) is 0 Å². The molecule has 6 nitrogen and oxygen atoms in total. The Morgan fingerprint density at radius 1 is 1.17 bits per heavy atom. The highest BCUT2D eigenvalue weighted by atomic mass is 32.2. The van der Waals surface area contributed by atoms with Gasteiger partial charge < -0.3 is 10.2 Å². The molecule has 0 radical (unpaired) electrons. The Labute approximate surface area is 181 Å². The molecule has 1 saturated heterocycles. The number of nitrogens with zero attached hydrogens (tertiary/aromatic N) is 3. The van der Waals surface area contributed by atoms with Gasteiger partial charge in [-0.3, -0.25) is 9.69 Å². The van der Waals surface area contributed by atoms with Crippen LogP contribution in [0.25, 0.3) is 11.0 Å². The summed E-state index contributed by atoms with van der Waals surface area (Å²) in [6.45, 7) is 8.89. The minimum absolute atomic E-state index is 0.00977. The molecule has 0 unspecified atom stereocenters. The molecule has 156 valence electrons. The highest BCUT2D eigenvalue weighted by Gasteiger charge is 2.18. The van der Waals surface area contributed by atoms with E-state index in [9.17, 15) is 4.79 Å². The smallest absolute Gasteiger partial charge is 0.317 e. The van der Waals surface area contributed by atoms with Gasteiger partial charge in [-0.05, 0) is 48.2 Å². The van der Waals surface area contributed by atoms with Crippen LogP contribution in [0, 0.1) is 0 Å². The highest BCUT2D eigenvalue weighted by Crippen LogP contribution is 2.21. The van der Waals surface area contributed by atoms with Gasteiger partial charge in [-0.15, -0.1) is 6.58 Å². The summed E-state index contributed by atoms with van der Waals surface area (Å²) in [5.41, 5.74) is 4.23. The third-order valence-corrected chi connectivity index (χ3v) is 6.48. The van der Waals surface area contributed by atoms with Crippen LogP contribution in [0.3, 0.4) is 0 Å². The van der Waals surface area contributed by atoms with Crippen LogP contribution in [0.2, 0.25) is 0 Å². The fraction of sp³-hybridized carbons (Fsp3) is 0.304. The summed E-state index contributed by atoms with van der Waals surface area (Å²) in [5.74, 6) is 0.345. The Morgan fingerprint density at radius 3 is 2.60 bits per heavy atom. The largest absolute Gasteiger partial charge is 0.369 e. The molecular formula is C23H28N5OS+. The Balaban J connectivity index is 1.29. The first kappa shape index (κ1) is 20.5. The van der Waals surface area contributed by atoms with Crippen molar-refractivity contribution >= 4 is 40.1 Å². The number of anilines is 2. The second-order valence-electron chi connectivity index (χ2n) is 7.47. The van der Waals surface area contributed by atoms with Crippen molar-refractivity contribution in [2.24, 2.45) is 7.05 Å². The number of carbonyl (C=O) groups is 1. The van der Waals surface area contributed by atoms with Gasteiger partial charge >= 0.3 is 5.16 Å². The average molecular weight is 423 g/mol. The van der Waals surface area contributed by atoms with Crippen molar-refractivity contribution in [3.8, 4) is 0 Å². The molecule has 7 heteroatoms. The number of nitrogens with one attached hydrogen (secondary N) is 2. The number of carbonyl (C=O) groups excluding carboxylic acids is 1. The lowest BCUT2D eigenvalue weighted by Crippen LogP contribution is -2.46. The van der Waals surface area contributed by atoms with E-state index in [0.717, 1.165) is 54.6 Å². The van der Waals surface area contributed by atoms with Crippen LogP contribution in [0.15, 0.2) is 66.3 Å². The number of hydrogen-bond donors (Lipinski definition) is 2. The summed E-state index contributed by atoms with van der Waals surface area (Å²) in [7, 11) is 2.01. The van der Waals surface area contributed by atoms with E-state index in [1.165, 1.54) is 17.4 Å². The van der Waals surface area contributed by atoms with Crippen molar-refractivity contribution in [1.82, 2.24) is 9.88 Å². The van der Waals surface area contributed by atoms with E-state index in [1.807, 2.05) is 43.5 Å². The molecule has 0 atom stereocenters. The quantitative estimate of drug-likeness (QED) is 0.349. The predicted octanol–water partition coefficient (Wildman–Crippen LogP) is 3.03. The fourth-order valence-electron chi connectivity index (χ4n) is 3.77. The fourth-order valence-corrected chi connectivity index (χ4v) is 4.59. The molecule has 0 aliphatic carbocycles. The van der Waals surface area contributed by atoms with Crippen molar-refractivity contribution < 1.29 is 9.36 Å². The van der Waals surface area contributed by atoms with Gasteiger partial charge in [0.2, 0.25) is 5.91 Å². The van der Waals surface area contributed by atoms with Crippen LogP contribution >= 0.6 is 11.8 Å². The first-order valence-electron chi connectivity index (χ1n) is 10.2. The van der Waals surface area contributed by atoms with Gasteiger partial charge in [-0.1, -0.05) is 18.2 Å². The molecule has 2 N–H and O–H groups in total. The molecule has 3 aromatic rings. The molecule has 1 amide bonds. The van der Waals surface area contributed by atoms with Crippen LogP contribution < -0.4 is 14.8 Å². The van der Waals surface area contributed by atoms with E-state index < -0.39 is 0 Å². The zero-order valence-electron chi connectivity index (χ0n) is 17.3. The Hall–Kier alpha value is -2.77. The molecule has 1 fully saturated rings. The molecule has 4 rings (SSSR count). The van der Waals surface area contributed by atoms with Gasteiger partial charge in [-0.25, -0.2) is 9.55 Å². The number of piperazine rings is 1. The van der Waals surface area contributed by atoms with Gasteiger partial charge in [0.1, 0.15) is 0 Å². The maximum absolute atomic E-state index is 12.4. The second-order valence-corrected chi connectivity index (χ2v) is 8.43. The molecule has 30 heavy (non-hydrogen) atoms. The monoisotopic (exact) mass is 422 g/mol. The van der Waals surface area contributed by atoms with E-state index in [2.05, 4.69) is 49.4 Å². The number of amides is 1. The number of thioether (sulfide) groups is 1. The predicted molar refractivity (Wildman–Crippen MR) is 124 cm³/mol. The average Bonchev–Trinajstić information content (AvgIpc) is 3.09. The van der Waals surface area contributed by atoms with Crippen molar-refractivity contribution in [1.29, 1.82) is 0 Å². The van der Waals surface area contributed by atoms with Crippen molar-refractivity contribution in [3.63, 3.8) is 0 Å². The Morgan fingerprint density at radius 2 is 1.90 bits per heavy atom. The van der Waals surface area contributed by atoms with Gasteiger partial charge in [0.15, 0.2) is 11.0 Å². The summed E-state index contributed by atoms with van der Waals surface area (Å²) < 4.78 is 2.08. The number of aryl methyl sites for hydroxylation is 1. The lowest BCUT2D eigenvalue weighted by Gasteiger charge is -2.35. The van der Waals surface area contributed by atoms with Gasteiger partial charge in [0.05, 0.1) is 12.8 Å². The maximum Gasteiger partial charge on any atom is 0.317 e. The third kappa shape index (κ3) is 4.68. The summed E-state index contributed by atoms with van der Waals surface area (Å²) >= 11 is 1.51. The number of H-pyrrole nitrogens is 1. The van der Waals surface area contributed by atoms with Crippen molar-refractivity contribution in [2.75, 3.05) is 48.7 Å². The van der Waals surface area contributed by atoms with E-state index in [4.69, 9.17) is 0 Å². The highest BCUT2D eigenvalue weighted by molar-refractivity contribution is 7.99. The van der Waals surface area contributed by atoms with E-state index in [-0.39, 0.29) is 5.91 Å². The Bertz CT molecular complexity index is 1020. The Kier molecular flexibility index (Phi) is 6.40. The second kappa shape index (κ2) is 9.36. The van der Waals surface area contributed by atoms with Crippen molar-refractivity contribution in [2.45, 2.75) is 5.16 Å². The standard InChI is InChI=1S/C23H27N5OS/c1-3-12-27-13-15-28(16-14-27)19-10-8-18(9-11-19)24-22(29)17-30-23-25-20-6-4-5-7-21(20)26(23)2/h3-11H,1,12-17H2,2H3,(H,24,29)/p+1. The topological polar surface area (TPSA) is 55.2 Å². The summed E-state index contributed by atoms with van der Waals surface area (Å²) in [5, 5.41) is 3.97. The van der Waals surface area contributed by atoms with Crippen LogP contribution in [-0.2, 0) is 11.8 Å². The molecule has 1 aliphatic heterocycles. The van der Waals surface area contributed by atoms with Crippen LogP contribution in [0.4, 0.5) is 11.4 Å².